The maximum Gasteiger partial charge on any atom is 1.00 e. The van der Waals surface area contributed by atoms with Gasteiger partial charge in [0.2, 0.25) is 0 Å². The molecule has 0 aromatic heterocycles. The maximum absolute atomic E-state index is 9.75. The molecule has 0 radical (unpaired) electrons. The van der Waals surface area contributed by atoms with Gasteiger partial charge < -0.3 is 17.3 Å². The molecule has 0 spiro atoms. The molecule has 70 valence electrons. The van der Waals surface area contributed by atoms with Crippen molar-refractivity contribution in [1.29, 1.82) is 5.26 Å². The van der Waals surface area contributed by atoms with Crippen LogP contribution in [0.2, 0.25) is 0 Å². The van der Waals surface area contributed by atoms with Crippen molar-refractivity contribution in [2.45, 2.75) is 0 Å². The van der Waals surface area contributed by atoms with Crippen molar-refractivity contribution in [3.05, 3.63) is 35.9 Å². The van der Waals surface area contributed by atoms with Gasteiger partial charge in [0, 0.05) is 0 Å². The normalized spacial score (nSPS) is 8.79. The molecule has 0 fully saturated rings. The van der Waals surface area contributed by atoms with Gasteiger partial charge in [-0.3, -0.25) is 0 Å². The Hall–Kier alpha value is 0.131. The second-order valence-electron chi connectivity index (χ2n) is 1.97. The Morgan fingerprint density at radius 1 is 1.00 bits per heavy atom. The average molecular weight is 229 g/mol. The predicted octanol–water partition coefficient (Wildman–Crippen LogP) is -0.138. The fraction of sp³-hybridized carbons (Fsp3) is 0. The molecule has 0 bridgehead atoms. The number of rotatable bonds is 0. The monoisotopic (exact) mass is 229 g/mol. The number of benzene rings is 1. The quantitative estimate of drug-likeness (QED) is 0.448. The van der Waals surface area contributed by atoms with Gasteiger partial charge in [-0.15, -0.1) is 0 Å². The minimum Gasteiger partial charge on any atom is -0.418 e. The number of nitrogens with zero attached hydrogens (tertiary/aromatic N) is 1. The molecule has 0 heterocycles. The largest absolute Gasteiger partial charge is 1.00 e. The topological polar surface area (TPSA) is 23.8 Å². The fourth-order valence-electron chi connectivity index (χ4n) is 0.513. The van der Waals surface area contributed by atoms with Crippen LogP contribution in [0.25, 0.3) is 0 Å². The van der Waals surface area contributed by atoms with Crippen LogP contribution < -0.4 is 51.4 Å². The predicted molar refractivity (Wildman–Crippen MR) is 41.3 cm³/mol. The van der Waals surface area contributed by atoms with E-state index in [0.717, 1.165) is 0 Å². The summed E-state index contributed by atoms with van der Waals surface area (Å²) in [5, 5.41) is 8.29. The van der Waals surface area contributed by atoms with Crippen molar-refractivity contribution in [3.8, 4) is 6.07 Å². The molecule has 0 amide bonds. The van der Waals surface area contributed by atoms with E-state index in [4.69, 9.17) is 5.26 Å². The maximum atomic E-state index is 9.75. The first-order valence-corrected chi connectivity index (χ1v) is 3.26. The molecule has 1 nitrogen and oxygen atoms in total. The third-order valence-electron chi connectivity index (χ3n) is 0.903. The van der Waals surface area contributed by atoms with Gasteiger partial charge in [-0.2, -0.15) is 5.26 Å². The Labute approximate surface area is 122 Å². The minimum absolute atomic E-state index is 0. The first-order valence-electron chi connectivity index (χ1n) is 3.26. The Kier molecular flexibility index (Phi) is 9.98. The first-order chi connectivity index (χ1) is 5.93. The van der Waals surface area contributed by atoms with Crippen molar-refractivity contribution >= 4 is 7.25 Å². The van der Waals surface area contributed by atoms with E-state index in [1.54, 1.807) is 12.1 Å². The molecule has 1 aromatic rings. The van der Waals surface area contributed by atoms with Crippen molar-refractivity contribution in [2.24, 2.45) is 0 Å². The molecule has 14 heavy (non-hydrogen) atoms. The number of hydrogen-bond donors (Lipinski definition) is 0. The van der Waals surface area contributed by atoms with Crippen molar-refractivity contribution in [2.75, 3.05) is 0 Å². The molecule has 0 atom stereocenters. The molecular weight excluding hydrogens is 224 g/mol. The molecule has 0 N–H and O–H groups in total. The SMILES string of the molecule is F[B-](F)(F)F.N#Cc1ccccc1.[K+]. The molecule has 1 aromatic carbocycles. The van der Waals surface area contributed by atoms with Crippen molar-refractivity contribution < 1.29 is 68.6 Å². The third kappa shape index (κ3) is 14.6. The molecule has 0 aliphatic heterocycles. The van der Waals surface area contributed by atoms with E-state index < -0.39 is 7.25 Å². The Morgan fingerprint density at radius 2 is 1.36 bits per heavy atom. The molecule has 0 aliphatic rings. The summed E-state index contributed by atoms with van der Waals surface area (Å²) in [5.41, 5.74) is 0.715. The average Bonchev–Trinajstić information content (AvgIpc) is 2.03. The van der Waals surface area contributed by atoms with E-state index >= 15 is 0 Å². The summed E-state index contributed by atoms with van der Waals surface area (Å²) in [6.45, 7) is 0. The van der Waals surface area contributed by atoms with Gasteiger partial charge in [0.1, 0.15) is 0 Å². The van der Waals surface area contributed by atoms with Gasteiger partial charge >= 0.3 is 58.6 Å². The van der Waals surface area contributed by atoms with Gasteiger partial charge in [0.05, 0.1) is 11.6 Å². The molecular formula is C7H5BF4KN. The van der Waals surface area contributed by atoms with Crippen LogP contribution in [0, 0.1) is 11.3 Å². The second kappa shape index (κ2) is 8.44. The number of halogens is 4. The molecule has 0 aliphatic carbocycles. The summed E-state index contributed by atoms with van der Waals surface area (Å²) in [4.78, 5) is 0. The summed E-state index contributed by atoms with van der Waals surface area (Å²) in [5.74, 6) is 0. The van der Waals surface area contributed by atoms with E-state index in [0.29, 0.717) is 5.56 Å². The van der Waals surface area contributed by atoms with E-state index in [1.807, 2.05) is 24.3 Å². The number of nitriles is 1. The molecule has 0 unspecified atom stereocenters. The van der Waals surface area contributed by atoms with Crippen LogP contribution in [0.1, 0.15) is 5.56 Å². The molecule has 0 saturated heterocycles. The van der Waals surface area contributed by atoms with E-state index in [-0.39, 0.29) is 51.4 Å². The van der Waals surface area contributed by atoms with Gasteiger partial charge in [0.25, 0.3) is 0 Å². The summed E-state index contributed by atoms with van der Waals surface area (Å²) in [6, 6.07) is 11.2. The van der Waals surface area contributed by atoms with Crippen LogP contribution in [-0.2, 0) is 0 Å². The zero-order valence-corrected chi connectivity index (χ0v) is 10.5. The van der Waals surface area contributed by atoms with Gasteiger partial charge in [-0.1, -0.05) is 18.2 Å². The van der Waals surface area contributed by atoms with E-state index in [2.05, 4.69) is 0 Å². The smallest absolute Gasteiger partial charge is 0.418 e. The van der Waals surface area contributed by atoms with Crippen LogP contribution in [0.3, 0.4) is 0 Å². The second-order valence-corrected chi connectivity index (χ2v) is 1.97. The third-order valence-corrected chi connectivity index (χ3v) is 0.903. The van der Waals surface area contributed by atoms with Crippen LogP contribution in [0.15, 0.2) is 30.3 Å². The minimum atomic E-state index is -6.00. The van der Waals surface area contributed by atoms with Gasteiger partial charge in [-0.25, -0.2) is 0 Å². The van der Waals surface area contributed by atoms with E-state index in [9.17, 15) is 17.3 Å². The van der Waals surface area contributed by atoms with Crippen molar-refractivity contribution in [1.82, 2.24) is 0 Å². The molecule has 7 heteroatoms. The Balaban J connectivity index is 0. The fourth-order valence-corrected chi connectivity index (χ4v) is 0.513. The van der Waals surface area contributed by atoms with Gasteiger partial charge in [-0.05, 0) is 12.1 Å². The van der Waals surface area contributed by atoms with Crippen molar-refractivity contribution in [3.63, 3.8) is 0 Å². The van der Waals surface area contributed by atoms with Crippen LogP contribution in [0.4, 0.5) is 17.3 Å². The van der Waals surface area contributed by atoms with Crippen LogP contribution in [0.5, 0.6) is 0 Å². The summed E-state index contributed by atoms with van der Waals surface area (Å²) < 4.78 is 39.0. The summed E-state index contributed by atoms with van der Waals surface area (Å²) in [7, 11) is -6.00. The zero-order chi connectivity index (χ0) is 10.3. The zero-order valence-electron chi connectivity index (χ0n) is 7.42. The Bertz CT molecular complexity index is 276. The first kappa shape index (κ1) is 16.6. The Morgan fingerprint density at radius 3 is 1.57 bits per heavy atom. The molecule has 0 saturated carbocycles. The summed E-state index contributed by atoms with van der Waals surface area (Å²) >= 11 is 0. The van der Waals surface area contributed by atoms with Crippen LogP contribution >= 0.6 is 0 Å². The number of hydrogen-bond acceptors (Lipinski definition) is 1. The molecule has 1 rings (SSSR count). The van der Waals surface area contributed by atoms with E-state index in [1.165, 1.54) is 0 Å². The standard InChI is InChI=1S/C7H5N.BF4.K/c8-6-7-4-2-1-3-5-7;2-1(3,4)5;/h1-5H;;/q;-1;+1. The van der Waals surface area contributed by atoms with Crippen LogP contribution in [-0.4, -0.2) is 7.25 Å². The summed E-state index contributed by atoms with van der Waals surface area (Å²) in [6.07, 6.45) is 0. The van der Waals surface area contributed by atoms with Gasteiger partial charge in [0.15, 0.2) is 0 Å².